The summed E-state index contributed by atoms with van der Waals surface area (Å²) >= 11 is 7.55. The number of benzene rings is 1. The van der Waals surface area contributed by atoms with E-state index in [0.717, 1.165) is 29.8 Å². The Labute approximate surface area is 296 Å². The lowest BCUT2D eigenvalue weighted by Gasteiger charge is -2.32. The van der Waals surface area contributed by atoms with E-state index in [1.807, 2.05) is 23.6 Å². The Morgan fingerprint density at radius 3 is 2.64 bits per heavy atom. The van der Waals surface area contributed by atoms with Crippen LogP contribution in [0.15, 0.2) is 41.0 Å². The summed E-state index contributed by atoms with van der Waals surface area (Å²) in [6, 6.07) is 5.84. The lowest BCUT2D eigenvalue weighted by atomic mass is 9.90. The first kappa shape index (κ1) is 33.6. The van der Waals surface area contributed by atoms with Crippen LogP contribution in [-0.4, -0.2) is 87.3 Å². The van der Waals surface area contributed by atoms with Crippen molar-refractivity contribution in [1.29, 1.82) is 0 Å². The fraction of sp³-hybridized carbons (Fsp3) is 0.412. The number of methoxy groups -OCH3 is 1. The normalized spacial score (nSPS) is 23.1. The van der Waals surface area contributed by atoms with Crippen molar-refractivity contribution in [2.24, 2.45) is 4.99 Å². The Kier molecular flexibility index (Phi) is 9.26. The summed E-state index contributed by atoms with van der Waals surface area (Å²) in [5.74, 6) is -0.618. The molecular weight excluding hydrogens is 684 g/mol. The van der Waals surface area contributed by atoms with Gasteiger partial charge in [0.15, 0.2) is 5.82 Å². The molecule has 0 spiro atoms. The van der Waals surface area contributed by atoms with Crippen LogP contribution >= 0.6 is 22.9 Å². The van der Waals surface area contributed by atoms with Gasteiger partial charge in [0.2, 0.25) is 17.7 Å². The minimum Gasteiger partial charge on any atom is -0.469 e. The maximum atomic E-state index is 14.2. The Bertz CT molecular complexity index is 1950. The largest absolute Gasteiger partial charge is 0.469 e. The van der Waals surface area contributed by atoms with Crippen molar-refractivity contribution in [2.75, 3.05) is 13.7 Å². The molecule has 2 aromatic heterocycles. The molecule has 1 saturated carbocycles. The topological polar surface area (TPSA) is 177 Å². The Morgan fingerprint density at radius 2 is 1.88 bits per heavy atom. The highest BCUT2D eigenvalue weighted by Gasteiger charge is 2.38. The number of nitrogens with one attached hydrogen (secondary N) is 3. The van der Waals surface area contributed by atoms with Gasteiger partial charge < -0.3 is 20.3 Å². The maximum absolute atomic E-state index is 14.2. The molecule has 260 valence electrons. The highest BCUT2D eigenvalue weighted by molar-refractivity contribution is 7.17. The average molecular weight is 719 g/mol. The van der Waals surface area contributed by atoms with Crippen LogP contribution in [-0.2, 0) is 23.9 Å². The molecule has 3 aliphatic heterocycles. The van der Waals surface area contributed by atoms with Gasteiger partial charge in [0.25, 0.3) is 5.91 Å². The van der Waals surface area contributed by atoms with E-state index in [1.165, 1.54) is 29.4 Å². The van der Waals surface area contributed by atoms with E-state index in [4.69, 9.17) is 21.3 Å². The number of aryl methyl sites for hydroxylation is 1. The third kappa shape index (κ3) is 6.54. The predicted octanol–water partition coefficient (Wildman–Crippen LogP) is 3.16. The van der Waals surface area contributed by atoms with Gasteiger partial charge in [0.1, 0.15) is 27.8 Å². The molecule has 50 heavy (non-hydrogen) atoms. The zero-order valence-corrected chi connectivity index (χ0v) is 29.0. The summed E-state index contributed by atoms with van der Waals surface area (Å²) in [4.78, 5) is 69.9. The molecule has 0 bridgehead atoms. The first-order valence-electron chi connectivity index (χ1n) is 16.5. The van der Waals surface area contributed by atoms with Crippen LogP contribution in [0.25, 0.3) is 16.1 Å². The van der Waals surface area contributed by atoms with Gasteiger partial charge in [-0.2, -0.15) is 0 Å². The number of esters is 1. The molecule has 7 rings (SSSR count). The number of imide groups is 1. The van der Waals surface area contributed by atoms with E-state index >= 15 is 0 Å². The number of piperidine rings is 1. The number of hydrogen-bond donors (Lipinski definition) is 3. The Hall–Kier alpha value is -4.89. The van der Waals surface area contributed by atoms with E-state index in [1.54, 1.807) is 18.3 Å². The number of nitrogens with zero attached hydrogens (tertiary/aromatic N) is 5. The molecule has 0 radical (unpaired) electrons. The molecule has 2 fully saturated rings. The van der Waals surface area contributed by atoms with Crippen LogP contribution < -0.4 is 16.0 Å². The Morgan fingerprint density at radius 1 is 1.10 bits per heavy atom. The number of halogens is 1. The van der Waals surface area contributed by atoms with E-state index < -0.39 is 24.0 Å². The quantitative estimate of drug-likeness (QED) is 0.233. The van der Waals surface area contributed by atoms with E-state index in [0.29, 0.717) is 51.2 Å². The van der Waals surface area contributed by atoms with Crippen molar-refractivity contribution in [2.45, 2.75) is 76.0 Å². The number of amides is 4. The molecule has 4 aliphatic rings. The highest BCUT2D eigenvalue weighted by Crippen LogP contribution is 2.42. The van der Waals surface area contributed by atoms with Crippen molar-refractivity contribution in [3.63, 3.8) is 0 Å². The Balaban J connectivity index is 1.11. The summed E-state index contributed by atoms with van der Waals surface area (Å²) in [6.07, 6.45) is 6.85. The molecule has 1 aromatic carbocycles. The van der Waals surface area contributed by atoms with E-state index in [-0.39, 0.29) is 49.2 Å². The van der Waals surface area contributed by atoms with E-state index in [9.17, 15) is 24.0 Å². The second-order valence-electron chi connectivity index (χ2n) is 12.8. The third-order valence-corrected chi connectivity index (χ3v) is 10.9. The number of carbonyl (C=O) groups is 5. The van der Waals surface area contributed by atoms with Gasteiger partial charge in [-0.05, 0) is 56.7 Å². The summed E-state index contributed by atoms with van der Waals surface area (Å²) in [6.45, 7) is 2.07. The summed E-state index contributed by atoms with van der Waals surface area (Å²) in [7, 11) is 1.33. The molecule has 4 atom stereocenters. The number of aliphatic imine (C=N–C) groups is 1. The van der Waals surface area contributed by atoms with Crippen LogP contribution in [0.5, 0.6) is 0 Å². The maximum Gasteiger partial charge on any atom is 0.308 e. The van der Waals surface area contributed by atoms with Crippen LogP contribution in [0.1, 0.15) is 77.9 Å². The van der Waals surface area contributed by atoms with Crippen LogP contribution in [0.4, 0.5) is 0 Å². The molecule has 16 heteroatoms. The number of hydrogen-bond acceptors (Lipinski definition) is 11. The van der Waals surface area contributed by atoms with Gasteiger partial charge in [-0.1, -0.05) is 23.7 Å². The van der Waals surface area contributed by atoms with Crippen LogP contribution in [0, 0.1) is 6.92 Å². The van der Waals surface area contributed by atoms with Crippen molar-refractivity contribution < 1.29 is 28.7 Å². The molecule has 3 N–H and O–H groups in total. The zero-order valence-electron chi connectivity index (χ0n) is 27.4. The van der Waals surface area contributed by atoms with Crippen LogP contribution in [0.3, 0.4) is 0 Å². The minimum absolute atomic E-state index is 0.00621. The molecule has 3 unspecified atom stereocenters. The van der Waals surface area contributed by atoms with Crippen molar-refractivity contribution >= 4 is 58.8 Å². The highest BCUT2D eigenvalue weighted by atomic mass is 35.5. The van der Waals surface area contributed by atoms with Crippen LogP contribution in [0.2, 0.25) is 5.02 Å². The molecule has 1 saturated heterocycles. The minimum atomic E-state index is -0.674. The summed E-state index contributed by atoms with van der Waals surface area (Å²) in [5, 5.41) is 19.0. The van der Waals surface area contributed by atoms with Gasteiger partial charge in [-0.3, -0.25) is 38.8 Å². The third-order valence-electron chi connectivity index (χ3n) is 9.49. The predicted molar refractivity (Wildman–Crippen MR) is 184 cm³/mol. The molecule has 14 nitrogen and oxygen atoms in total. The first-order chi connectivity index (χ1) is 24.1. The van der Waals surface area contributed by atoms with E-state index in [2.05, 4.69) is 26.1 Å². The van der Waals surface area contributed by atoms with Gasteiger partial charge in [-0.25, -0.2) is 0 Å². The average Bonchev–Trinajstić information content (AvgIpc) is 3.74. The molecule has 3 aromatic rings. The van der Waals surface area contributed by atoms with Crippen molar-refractivity contribution in [1.82, 2.24) is 35.6 Å². The number of thiophene rings is 1. The van der Waals surface area contributed by atoms with Crippen molar-refractivity contribution in [3.8, 4) is 16.1 Å². The lowest BCUT2D eigenvalue weighted by Crippen LogP contribution is -2.53. The fourth-order valence-electron chi connectivity index (χ4n) is 7.08. The fourth-order valence-corrected chi connectivity index (χ4v) is 8.46. The molecular formula is C34H35ClN8O6S. The number of rotatable bonds is 8. The smallest absolute Gasteiger partial charge is 0.308 e. The molecule has 5 heterocycles. The summed E-state index contributed by atoms with van der Waals surface area (Å²) < 4.78 is 6.76. The monoisotopic (exact) mass is 718 g/mol. The second kappa shape index (κ2) is 13.8. The van der Waals surface area contributed by atoms with Gasteiger partial charge in [-0.15, -0.1) is 21.5 Å². The van der Waals surface area contributed by atoms with Gasteiger partial charge in [0, 0.05) is 52.6 Å². The first-order valence-corrected chi connectivity index (χ1v) is 17.7. The number of carbonyl (C=O) groups excluding carboxylic acids is 5. The lowest BCUT2D eigenvalue weighted by molar-refractivity contribution is -0.142. The molecule has 1 aliphatic carbocycles. The number of fused-ring (bicyclic) bond motifs is 3. The number of aromatic nitrogens is 3. The SMILES string of the molecule is COC(=O)C[C@@H]1N=Cc2c(sc(C(=O)NC3CCCC(NC4=CC(=O)N(C5CCC(=O)NC5=O)C4)C3)c2-c2ccc(Cl)cc2)-n2c(C)nnc21. The second-order valence-corrected chi connectivity index (χ2v) is 14.3. The van der Waals surface area contributed by atoms with Gasteiger partial charge in [0.05, 0.1) is 20.1 Å². The number of ether oxygens (including phenoxy) is 1. The van der Waals surface area contributed by atoms with Gasteiger partial charge >= 0.3 is 5.97 Å². The van der Waals surface area contributed by atoms with Crippen molar-refractivity contribution in [3.05, 3.63) is 63.2 Å². The zero-order chi connectivity index (χ0) is 35.1. The summed E-state index contributed by atoms with van der Waals surface area (Å²) in [5.41, 5.74) is 2.90. The molecule has 4 amide bonds. The standard InChI is InChI=1S/C34H35ClN8O6S/c1-17-40-41-31-24(14-28(46)49-2)36-15-23-29(18-6-8-19(35)9-7-18)30(50-34(23)43(17)31)33(48)38-21-5-3-4-20(12-21)37-22-13-27(45)42(16-22)25-10-11-26(44)39-32(25)47/h6-9,13,15,20-21,24-25,37H,3-5,10-12,14,16H2,1-2H3,(H,38,48)(H,39,44,47)/t20?,21?,24-,25?/m0/s1.